The van der Waals surface area contributed by atoms with Crippen molar-refractivity contribution in [1.82, 2.24) is 10.3 Å². The van der Waals surface area contributed by atoms with E-state index in [2.05, 4.69) is 21.7 Å². The second-order valence-electron chi connectivity index (χ2n) is 6.10. The highest BCUT2D eigenvalue weighted by Crippen LogP contribution is 2.24. The van der Waals surface area contributed by atoms with Crippen LogP contribution in [0.2, 0.25) is 0 Å². The molecule has 2 rings (SSSR count). The third-order valence-corrected chi connectivity index (χ3v) is 4.17. The van der Waals surface area contributed by atoms with Gasteiger partial charge in [0.25, 0.3) is 0 Å². The fourth-order valence-corrected chi connectivity index (χ4v) is 2.53. The Labute approximate surface area is 152 Å². The van der Waals surface area contributed by atoms with Crippen LogP contribution < -0.4 is 10.6 Å². The largest absolute Gasteiger partial charge is 0.481 e. The van der Waals surface area contributed by atoms with Crippen molar-refractivity contribution in [2.24, 2.45) is 0 Å². The van der Waals surface area contributed by atoms with Crippen molar-refractivity contribution in [3.05, 3.63) is 34.9 Å². The third-order valence-electron chi connectivity index (χ3n) is 4.17. The summed E-state index contributed by atoms with van der Waals surface area (Å²) < 4.78 is 0. The number of aromatic nitrogens is 1. The number of rotatable bonds is 8. The molecule has 0 aliphatic heterocycles. The Bertz CT molecular complexity index is 871. The molecule has 0 atom stereocenters. The van der Waals surface area contributed by atoms with Crippen molar-refractivity contribution in [3.63, 3.8) is 0 Å². The van der Waals surface area contributed by atoms with Crippen LogP contribution in [0.5, 0.6) is 0 Å². The summed E-state index contributed by atoms with van der Waals surface area (Å²) in [5.41, 5.74) is 3.57. The van der Waals surface area contributed by atoms with E-state index in [1.807, 2.05) is 32.0 Å². The van der Waals surface area contributed by atoms with Crippen LogP contribution in [0.15, 0.2) is 18.2 Å². The molecule has 0 unspecified atom stereocenters. The van der Waals surface area contributed by atoms with E-state index in [0.717, 1.165) is 22.0 Å². The van der Waals surface area contributed by atoms with Gasteiger partial charge in [-0.1, -0.05) is 12.1 Å². The predicted octanol–water partition coefficient (Wildman–Crippen LogP) is 2.51. The van der Waals surface area contributed by atoms with Crippen LogP contribution in [0.3, 0.4) is 0 Å². The Hall–Kier alpha value is -3.14. The lowest BCUT2D eigenvalue weighted by Crippen LogP contribution is -2.26. The smallest absolute Gasteiger partial charge is 0.303 e. The summed E-state index contributed by atoms with van der Waals surface area (Å²) in [4.78, 5) is 26.5. The molecule has 1 aromatic carbocycles. The maximum atomic E-state index is 11.4. The van der Waals surface area contributed by atoms with Gasteiger partial charge in [0.15, 0.2) is 0 Å². The monoisotopic (exact) mass is 354 g/mol. The number of aliphatic carboxylic acids is 1. The van der Waals surface area contributed by atoms with Gasteiger partial charge < -0.3 is 15.7 Å². The second-order valence-corrected chi connectivity index (χ2v) is 6.10. The van der Waals surface area contributed by atoms with Gasteiger partial charge in [-0.05, 0) is 37.5 Å². The van der Waals surface area contributed by atoms with Gasteiger partial charge >= 0.3 is 5.97 Å². The molecule has 0 spiro atoms. The molecule has 1 amide bonds. The van der Waals surface area contributed by atoms with E-state index in [4.69, 9.17) is 5.11 Å². The number of pyridine rings is 1. The molecule has 136 valence electrons. The SMILES string of the molecule is Cc1ccc2cc(C#N)c(NCCCNC(=O)CCC(=O)O)nc2c1C. The molecule has 7 nitrogen and oxygen atoms in total. The maximum Gasteiger partial charge on any atom is 0.303 e. The number of carbonyl (C=O) groups is 2. The van der Waals surface area contributed by atoms with E-state index >= 15 is 0 Å². The fourth-order valence-electron chi connectivity index (χ4n) is 2.53. The number of nitrogens with one attached hydrogen (secondary N) is 2. The van der Waals surface area contributed by atoms with Crippen molar-refractivity contribution in [1.29, 1.82) is 5.26 Å². The predicted molar refractivity (Wildman–Crippen MR) is 98.9 cm³/mol. The number of carboxylic acids is 1. The number of carboxylic acid groups (broad SMARTS) is 1. The van der Waals surface area contributed by atoms with Crippen LogP contribution in [0.1, 0.15) is 36.0 Å². The molecule has 0 fully saturated rings. The minimum Gasteiger partial charge on any atom is -0.481 e. The molecule has 0 aliphatic rings. The van der Waals surface area contributed by atoms with Gasteiger partial charge in [-0.15, -0.1) is 0 Å². The first kappa shape index (κ1) is 19.2. The van der Waals surface area contributed by atoms with Gasteiger partial charge in [0, 0.05) is 24.9 Å². The molecule has 0 bridgehead atoms. The van der Waals surface area contributed by atoms with Crippen LogP contribution in [0, 0.1) is 25.2 Å². The molecule has 0 saturated heterocycles. The van der Waals surface area contributed by atoms with Gasteiger partial charge in [0.05, 0.1) is 17.5 Å². The van der Waals surface area contributed by atoms with Gasteiger partial charge in [0.2, 0.25) is 5.91 Å². The number of benzene rings is 1. The average molecular weight is 354 g/mol. The molecule has 3 N–H and O–H groups in total. The highest BCUT2D eigenvalue weighted by atomic mass is 16.4. The minimum absolute atomic E-state index is 0.0216. The molecule has 0 aliphatic carbocycles. The van der Waals surface area contributed by atoms with Crippen LogP contribution in [-0.2, 0) is 9.59 Å². The molecule has 7 heteroatoms. The zero-order chi connectivity index (χ0) is 19.1. The van der Waals surface area contributed by atoms with E-state index in [9.17, 15) is 14.9 Å². The lowest BCUT2D eigenvalue weighted by molar-refractivity contribution is -0.138. The number of aryl methyl sites for hydroxylation is 2. The number of hydrogen-bond acceptors (Lipinski definition) is 5. The van der Waals surface area contributed by atoms with Gasteiger partial charge in [0.1, 0.15) is 11.9 Å². The minimum atomic E-state index is -0.987. The van der Waals surface area contributed by atoms with Crippen molar-refractivity contribution < 1.29 is 14.7 Å². The summed E-state index contributed by atoms with van der Waals surface area (Å²) in [6, 6.07) is 7.96. The average Bonchev–Trinajstić information content (AvgIpc) is 2.62. The zero-order valence-electron chi connectivity index (χ0n) is 14.9. The maximum absolute atomic E-state index is 11.4. The van der Waals surface area contributed by atoms with Crippen molar-refractivity contribution in [3.8, 4) is 6.07 Å². The highest BCUT2D eigenvalue weighted by Gasteiger charge is 2.09. The number of hydrogen-bond donors (Lipinski definition) is 3. The summed E-state index contributed by atoms with van der Waals surface area (Å²) in [6.45, 7) is 5.00. The van der Waals surface area contributed by atoms with E-state index in [1.165, 1.54) is 0 Å². The number of fused-ring (bicyclic) bond motifs is 1. The number of nitriles is 1. The van der Waals surface area contributed by atoms with Gasteiger partial charge in [-0.3, -0.25) is 9.59 Å². The molecular weight excluding hydrogens is 332 g/mol. The van der Waals surface area contributed by atoms with Crippen LogP contribution in [-0.4, -0.2) is 35.1 Å². The van der Waals surface area contributed by atoms with E-state index < -0.39 is 5.97 Å². The summed E-state index contributed by atoms with van der Waals surface area (Å²) in [5, 5.41) is 24.6. The van der Waals surface area contributed by atoms with E-state index in [0.29, 0.717) is 30.9 Å². The Morgan fingerprint density at radius 3 is 2.69 bits per heavy atom. The Morgan fingerprint density at radius 1 is 1.23 bits per heavy atom. The molecule has 1 aromatic heterocycles. The molecular formula is C19H22N4O3. The number of carbonyl (C=O) groups excluding carboxylic acids is 1. The number of anilines is 1. The van der Waals surface area contributed by atoms with E-state index in [-0.39, 0.29) is 18.7 Å². The molecule has 0 radical (unpaired) electrons. The highest BCUT2D eigenvalue weighted by molar-refractivity contribution is 5.86. The second kappa shape index (κ2) is 8.81. The summed E-state index contributed by atoms with van der Waals surface area (Å²) in [7, 11) is 0. The van der Waals surface area contributed by atoms with Gasteiger partial charge in [-0.25, -0.2) is 4.98 Å². The van der Waals surface area contributed by atoms with Crippen molar-refractivity contribution in [2.45, 2.75) is 33.1 Å². The zero-order valence-corrected chi connectivity index (χ0v) is 14.9. The first-order chi connectivity index (χ1) is 12.4. The molecule has 2 aromatic rings. The summed E-state index contributed by atoms with van der Waals surface area (Å²) in [6.07, 6.45) is 0.442. The van der Waals surface area contributed by atoms with Crippen LogP contribution >= 0.6 is 0 Å². The lowest BCUT2D eigenvalue weighted by atomic mass is 10.0. The van der Waals surface area contributed by atoms with E-state index in [1.54, 1.807) is 0 Å². The molecule has 0 saturated carbocycles. The molecule has 1 heterocycles. The van der Waals surface area contributed by atoms with Crippen LogP contribution in [0.25, 0.3) is 10.9 Å². The Morgan fingerprint density at radius 2 is 2.00 bits per heavy atom. The Balaban J connectivity index is 1.94. The Kier molecular flexibility index (Phi) is 6.50. The van der Waals surface area contributed by atoms with Crippen molar-refractivity contribution in [2.75, 3.05) is 18.4 Å². The normalized spacial score (nSPS) is 10.3. The summed E-state index contributed by atoms with van der Waals surface area (Å²) >= 11 is 0. The quantitative estimate of drug-likeness (QED) is 0.627. The number of amides is 1. The van der Waals surface area contributed by atoms with Crippen molar-refractivity contribution >= 4 is 28.6 Å². The standard InChI is InChI=1S/C19H22N4O3/c1-12-4-5-14-10-15(11-20)19(23-18(14)13(12)2)22-9-3-8-21-16(24)6-7-17(25)26/h4-5,10H,3,6-9H2,1-2H3,(H,21,24)(H,22,23)(H,25,26). The third kappa shape index (κ3) is 4.93. The first-order valence-corrected chi connectivity index (χ1v) is 8.45. The summed E-state index contributed by atoms with van der Waals surface area (Å²) in [5.74, 6) is -0.732. The fraction of sp³-hybridized carbons (Fsp3) is 0.368. The first-order valence-electron chi connectivity index (χ1n) is 8.45. The van der Waals surface area contributed by atoms with Crippen LogP contribution in [0.4, 0.5) is 5.82 Å². The van der Waals surface area contributed by atoms with Gasteiger partial charge in [-0.2, -0.15) is 5.26 Å². The molecule has 26 heavy (non-hydrogen) atoms. The lowest BCUT2D eigenvalue weighted by Gasteiger charge is -2.11. The topological polar surface area (TPSA) is 115 Å². The number of nitrogens with zero attached hydrogens (tertiary/aromatic N) is 2.